The average molecular weight is 270 g/mol. The molecule has 0 radical (unpaired) electrons. The fourth-order valence-electron chi connectivity index (χ4n) is 1.56. The predicted molar refractivity (Wildman–Crippen MR) is 59.9 cm³/mol. The Hall–Kier alpha value is -2.31. The number of benzene rings is 1. The highest BCUT2D eigenvalue weighted by atomic mass is 19.4. The first-order chi connectivity index (χ1) is 8.93. The van der Waals surface area contributed by atoms with Gasteiger partial charge in [-0.25, -0.2) is 9.48 Å². The number of alkyl halides is 3. The van der Waals surface area contributed by atoms with Gasteiger partial charge in [0, 0.05) is 6.20 Å². The van der Waals surface area contributed by atoms with Crippen LogP contribution in [0.5, 0.6) is 0 Å². The van der Waals surface area contributed by atoms with Crippen molar-refractivity contribution in [2.75, 3.05) is 7.11 Å². The molecule has 0 bridgehead atoms. The molecule has 1 heterocycles. The molecule has 0 fully saturated rings. The van der Waals surface area contributed by atoms with E-state index in [9.17, 15) is 18.0 Å². The van der Waals surface area contributed by atoms with Crippen LogP contribution in [0.4, 0.5) is 13.2 Å². The number of nitrogens with zero attached hydrogens (tertiary/aromatic N) is 2. The van der Waals surface area contributed by atoms with E-state index in [0.717, 1.165) is 18.0 Å². The van der Waals surface area contributed by atoms with Crippen molar-refractivity contribution >= 4 is 5.97 Å². The third-order valence-electron chi connectivity index (χ3n) is 2.41. The molecule has 2 rings (SSSR count). The summed E-state index contributed by atoms with van der Waals surface area (Å²) < 4.78 is 43.7. The van der Waals surface area contributed by atoms with E-state index < -0.39 is 23.4 Å². The Kier molecular flexibility index (Phi) is 3.28. The Morgan fingerprint density at radius 3 is 2.42 bits per heavy atom. The van der Waals surface area contributed by atoms with Crippen LogP contribution in [-0.2, 0) is 10.9 Å². The molecule has 0 N–H and O–H groups in total. The summed E-state index contributed by atoms with van der Waals surface area (Å²) >= 11 is 0. The second-order valence-corrected chi connectivity index (χ2v) is 3.66. The molecule has 1 aromatic carbocycles. The summed E-state index contributed by atoms with van der Waals surface area (Å²) in [4.78, 5) is 11.4. The Morgan fingerprint density at radius 1 is 1.26 bits per heavy atom. The van der Waals surface area contributed by atoms with Crippen LogP contribution in [0.3, 0.4) is 0 Å². The topological polar surface area (TPSA) is 44.1 Å². The third-order valence-corrected chi connectivity index (χ3v) is 2.41. The van der Waals surface area contributed by atoms with Crippen LogP contribution < -0.4 is 0 Å². The van der Waals surface area contributed by atoms with E-state index >= 15 is 0 Å². The molecule has 100 valence electrons. The Labute approximate surface area is 106 Å². The van der Waals surface area contributed by atoms with E-state index in [4.69, 9.17) is 0 Å². The minimum absolute atomic E-state index is 0.420. The number of ether oxygens (including phenoxy) is 1. The van der Waals surface area contributed by atoms with E-state index in [1.54, 1.807) is 30.3 Å². The SMILES string of the molecule is COC(=O)c1cn(-c2ccccc2)nc1C(F)(F)F. The molecule has 19 heavy (non-hydrogen) atoms. The smallest absolute Gasteiger partial charge is 0.436 e. The number of para-hydroxylation sites is 1. The second kappa shape index (κ2) is 4.75. The van der Waals surface area contributed by atoms with Crippen LogP contribution >= 0.6 is 0 Å². The zero-order valence-corrected chi connectivity index (χ0v) is 9.81. The van der Waals surface area contributed by atoms with Gasteiger partial charge in [0.25, 0.3) is 0 Å². The maximum absolute atomic E-state index is 12.8. The number of aromatic nitrogens is 2. The molecule has 0 atom stereocenters. The number of hydrogen-bond donors (Lipinski definition) is 0. The van der Waals surface area contributed by atoms with Gasteiger partial charge in [-0.15, -0.1) is 0 Å². The van der Waals surface area contributed by atoms with E-state index in [1.165, 1.54) is 0 Å². The molecule has 7 heteroatoms. The molecule has 1 aromatic heterocycles. The minimum Gasteiger partial charge on any atom is -0.465 e. The molecule has 0 saturated heterocycles. The molecule has 2 aromatic rings. The summed E-state index contributed by atoms with van der Waals surface area (Å²) in [6.45, 7) is 0. The first kappa shape index (κ1) is 13.1. The highest BCUT2D eigenvalue weighted by Gasteiger charge is 2.39. The average Bonchev–Trinajstić information content (AvgIpc) is 2.84. The molecule has 0 unspecified atom stereocenters. The molecule has 0 spiro atoms. The van der Waals surface area contributed by atoms with Gasteiger partial charge in [0.1, 0.15) is 5.56 Å². The standard InChI is InChI=1S/C12H9F3N2O2/c1-19-11(18)9-7-17(8-5-3-2-4-6-8)16-10(9)12(13,14)15/h2-7H,1H3. The number of carbonyl (C=O) groups is 1. The van der Waals surface area contributed by atoms with E-state index in [-0.39, 0.29) is 0 Å². The van der Waals surface area contributed by atoms with E-state index in [0.29, 0.717) is 5.69 Å². The maximum Gasteiger partial charge on any atom is 0.436 e. The molecule has 0 aliphatic carbocycles. The van der Waals surface area contributed by atoms with Crippen LogP contribution in [0, 0.1) is 0 Å². The maximum atomic E-state index is 12.8. The fourth-order valence-corrected chi connectivity index (χ4v) is 1.56. The summed E-state index contributed by atoms with van der Waals surface area (Å²) in [6, 6.07) is 8.19. The lowest BCUT2D eigenvalue weighted by Gasteiger charge is -2.04. The number of rotatable bonds is 2. The lowest BCUT2D eigenvalue weighted by molar-refractivity contribution is -0.141. The van der Waals surface area contributed by atoms with Crippen LogP contribution in [0.1, 0.15) is 16.1 Å². The summed E-state index contributed by atoms with van der Waals surface area (Å²) in [5, 5.41) is 3.41. The van der Waals surface area contributed by atoms with Gasteiger partial charge >= 0.3 is 12.1 Å². The van der Waals surface area contributed by atoms with Gasteiger partial charge in [0.15, 0.2) is 5.69 Å². The lowest BCUT2D eigenvalue weighted by atomic mass is 10.2. The van der Waals surface area contributed by atoms with Crippen LogP contribution in [0.25, 0.3) is 5.69 Å². The molecule has 0 saturated carbocycles. The van der Waals surface area contributed by atoms with Crippen molar-refractivity contribution in [2.45, 2.75) is 6.18 Å². The highest BCUT2D eigenvalue weighted by molar-refractivity contribution is 5.90. The first-order valence-electron chi connectivity index (χ1n) is 5.24. The van der Waals surface area contributed by atoms with Gasteiger partial charge in [0.05, 0.1) is 12.8 Å². The van der Waals surface area contributed by atoms with Gasteiger partial charge in [0.2, 0.25) is 0 Å². The van der Waals surface area contributed by atoms with Crippen molar-refractivity contribution in [1.82, 2.24) is 9.78 Å². The van der Waals surface area contributed by atoms with E-state index in [1.807, 2.05) is 0 Å². The summed E-state index contributed by atoms with van der Waals surface area (Å²) in [5.74, 6) is -1.07. The second-order valence-electron chi connectivity index (χ2n) is 3.66. The monoisotopic (exact) mass is 270 g/mol. The number of esters is 1. The summed E-state index contributed by atoms with van der Waals surface area (Å²) in [6.07, 6.45) is -3.71. The van der Waals surface area contributed by atoms with Crippen molar-refractivity contribution in [3.05, 3.63) is 47.8 Å². The summed E-state index contributed by atoms with van der Waals surface area (Å²) in [7, 11) is 1.02. The molecule has 0 amide bonds. The molecule has 0 aliphatic heterocycles. The molecule has 0 aliphatic rings. The largest absolute Gasteiger partial charge is 0.465 e. The van der Waals surface area contributed by atoms with Crippen molar-refractivity contribution in [3.63, 3.8) is 0 Å². The van der Waals surface area contributed by atoms with Gasteiger partial charge in [-0.3, -0.25) is 0 Å². The van der Waals surface area contributed by atoms with Gasteiger partial charge in [-0.05, 0) is 12.1 Å². The summed E-state index contributed by atoms with van der Waals surface area (Å²) in [5.41, 5.74) is -1.45. The van der Waals surface area contributed by atoms with Gasteiger partial charge < -0.3 is 4.74 Å². The zero-order chi connectivity index (χ0) is 14.0. The number of carbonyl (C=O) groups excluding carboxylic acids is 1. The Morgan fingerprint density at radius 2 is 1.89 bits per heavy atom. The van der Waals surface area contributed by atoms with Crippen molar-refractivity contribution < 1.29 is 22.7 Å². The number of halogens is 3. The molecule has 4 nitrogen and oxygen atoms in total. The molecular weight excluding hydrogens is 261 g/mol. The fraction of sp³-hybridized carbons (Fsp3) is 0.167. The Balaban J connectivity index is 2.55. The van der Waals surface area contributed by atoms with E-state index in [2.05, 4.69) is 9.84 Å². The predicted octanol–water partition coefficient (Wildman–Crippen LogP) is 2.68. The van der Waals surface area contributed by atoms with Gasteiger partial charge in [-0.2, -0.15) is 18.3 Å². The minimum atomic E-state index is -4.72. The van der Waals surface area contributed by atoms with Crippen molar-refractivity contribution in [2.24, 2.45) is 0 Å². The molecular formula is C12H9F3N2O2. The van der Waals surface area contributed by atoms with Crippen molar-refractivity contribution in [3.8, 4) is 5.69 Å². The lowest BCUT2D eigenvalue weighted by Crippen LogP contribution is -2.13. The Bertz CT molecular complexity index is 591. The van der Waals surface area contributed by atoms with Crippen LogP contribution in [-0.4, -0.2) is 22.9 Å². The van der Waals surface area contributed by atoms with Crippen molar-refractivity contribution in [1.29, 1.82) is 0 Å². The highest BCUT2D eigenvalue weighted by Crippen LogP contribution is 2.31. The van der Waals surface area contributed by atoms with Crippen LogP contribution in [0.2, 0.25) is 0 Å². The zero-order valence-electron chi connectivity index (χ0n) is 9.81. The normalized spacial score (nSPS) is 11.4. The van der Waals surface area contributed by atoms with Gasteiger partial charge in [-0.1, -0.05) is 18.2 Å². The quantitative estimate of drug-likeness (QED) is 0.788. The third kappa shape index (κ3) is 2.59. The number of methoxy groups -OCH3 is 1. The number of hydrogen-bond acceptors (Lipinski definition) is 3. The van der Waals surface area contributed by atoms with Crippen LogP contribution in [0.15, 0.2) is 36.5 Å². The first-order valence-corrected chi connectivity index (χ1v) is 5.24.